The Kier molecular flexibility index (Phi) is 6.36. The van der Waals surface area contributed by atoms with Crippen molar-refractivity contribution in [2.45, 2.75) is 25.9 Å². The molecule has 1 aromatic carbocycles. The second-order valence-electron chi connectivity index (χ2n) is 4.61. The van der Waals surface area contributed by atoms with Gasteiger partial charge in [-0.3, -0.25) is 4.90 Å². The number of nitrogens with two attached hydrogens (primary N) is 1. The van der Waals surface area contributed by atoms with Crippen molar-refractivity contribution in [1.82, 2.24) is 4.90 Å². The van der Waals surface area contributed by atoms with E-state index >= 15 is 0 Å². The summed E-state index contributed by atoms with van der Waals surface area (Å²) in [6.45, 7) is 3.12. The first kappa shape index (κ1) is 15.2. The average molecular weight is 268 g/mol. The van der Waals surface area contributed by atoms with Crippen molar-refractivity contribution in [2.75, 3.05) is 31.9 Å². The van der Waals surface area contributed by atoms with E-state index in [2.05, 4.69) is 25.1 Å². The molecule has 0 aliphatic carbocycles. The molecule has 1 atom stereocenters. The maximum atomic E-state index is 6.01. The number of hydrogen-bond donors (Lipinski definition) is 1. The summed E-state index contributed by atoms with van der Waals surface area (Å²) in [7, 11) is 3.82. The monoisotopic (exact) mass is 268 g/mol. The quantitative estimate of drug-likeness (QED) is 0.772. The average Bonchev–Trinajstić information content (AvgIpc) is 2.38. The molecule has 0 spiro atoms. The van der Waals surface area contributed by atoms with E-state index in [1.165, 1.54) is 12.2 Å². The number of thioether (sulfide) groups is 1. The molecule has 3 nitrogen and oxygen atoms in total. The van der Waals surface area contributed by atoms with Crippen molar-refractivity contribution in [3.05, 3.63) is 23.8 Å². The first-order valence-electron chi connectivity index (χ1n) is 6.20. The first-order valence-corrected chi connectivity index (χ1v) is 7.59. The van der Waals surface area contributed by atoms with Crippen LogP contribution in [0.5, 0.6) is 5.75 Å². The Morgan fingerprint density at radius 2 is 2.17 bits per heavy atom. The predicted molar refractivity (Wildman–Crippen MR) is 81.3 cm³/mol. The van der Waals surface area contributed by atoms with Crippen LogP contribution in [0.4, 0.5) is 5.69 Å². The summed E-state index contributed by atoms with van der Waals surface area (Å²) in [4.78, 5) is 2.33. The summed E-state index contributed by atoms with van der Waals surface area (Å²) in [6.07, 6.45) is 3.34. The number of ether oxygens (including phenoxy) is 1. The summed E-state index contributed by atoms with van der Waals surface area (Å²) in [5, 5.41) is 0. The van der Waals surface area contributed by atoms with Crippen LogP contribution in [0.1, 0.15) is 18.9 Å². The molecular weight excluding hydrogens is 244 g/mol. The van der Waals surface area contributed by atoms with E-state index in [1.807, 2.05) is 30.0 Å². The molecule has 0 aliphatic rings. The smallest absolute Gasteiger partial charge is 0.119 e. The van der Waals surface area contributed by atoms with Gasteiger partial charge < -0.3 is 10.5 Å². The van der Waals surface area contributed by atoms with Gasteiger partial charge in [0.25, 0.3) is 0 Å². The Morgan fingerprint density at radius 3 is 2.78 bits per heavy atom. The lowest BCUT2D eigenvalue weighted by molar-refractivity contribution is 0.245. The fourth-order valence-electron chi connectivity index (χ4n) is 1.78. The number of benzene rings is 1. The van der Waals surface area contributed by atoms with Crippen molar-refractivity contribution in [1.29, 1.82) is 0 Å². The summed E-state index contributed by atoms with van der Waals surface area (Å²) in [6, 6.07) is 6.39. The second-order valence-corrected chi connectivity index (χ2v) is 5.60. The third kappa shape index (κ3) is 4.42. The van der Waals surface area contributed by atoms with E-state index in [0.29, 0.717) is 6.04 Å². The normalized spacial score (nSPS) is 12.7. The van der Waals surface area contributed by atoms with Crippen molar-refractivity contribution in [2.24, 2.45) is 0 Å². The van der Waals surface area contributed by atoms with Gasteiger partial charge in [-0.25, -0.2) is 0 Å². The molecule has 0 saturated carbocycles. The zero-order valence-electron chi connectivity index (χ0n) is 11.8. The van der Waals surface area contributed by atoms with E-state index in [9.17, 15) is 0 Å². The van der Waals surface area contributed by atoms with Crippen LogP contribution in [-0.2, 0) is 6.54 Å². The largest absolute Gasteiger partial charge is 0.497 e. The number of methoxy groups -OCH3 is 1. The molecule has 1 unspecified atom stereocenters. The molecular formula is C14H24N2OS. The fraction of sp³-hybridized carbons (Fsp3) is 0.571. The molecule has 0 saturated heterocycles. The van der Waals surface area contributed by atoms with Gasteiger partial charge in [-0.05, 0) is 56.2 Å². The highest BCUT2D eigenvalue weighted by Gasteiger charge is 2.11. The Labute approximate surface area is 115 Å². The molecule has 4 heteroatoms. The molecule has 1 aromatic rings. The number of anilines is 1. The highest BCUT2D eigenvalue weighted by atomic mass is 32.2. The lowest BCUT2D eigenvalue weighted by Gasteiger charge is -2.25. The molecule has 0 aliphatic heterocycles. The minimum Gasteiger partial charge on any atom is -0.497 e. The van der Waals surface area contributed by atoms with Crippen molar-refractivity contribution >= 4 is 17.4 Å². The zero-order valence-corrected chi connectivity index (χ0v) is 12.6. The number of nitrogens with zero attached hydrogens (tertiary/aromatic N) is 1. The van der Waals surface area contributed by atoms with Crippen LogP contribution < -0.4 is 10.5 Å². The molecule has 0 bridgehead atoms. The van der Waals surface area contributed by atoms with Crippen LogP contribution in [0.15, 0.2) is 18.2 Å². The van der Waals surface area contributed by atoms with Crippen LogP contribution in [0.2, 0.25) is 0 Å². The standard InChI is InChI=1S/C14H24N2OS/c1-11(7-8-18-4)16(2)10-12-9-13(17-3)5-6-14(12)15/h5-6,9,11H,7-8,10,15H2,1-4H3. The highest BCUT2D eigenvalue weighted by Crippen LogP contribution is 2.21. The van der Waals surface area contributed by atoms with Crippen molar-refractivity contribution in [3.8, 4) is 5.75 Å². The molecule has 1 rings (SSSR count). The molecule has 0 aromatic heterocycles. The van der Waals surface area contributed by atoms with Gasteiger partial charge in [0.1, 0.15) is 5.75 Å². The lowest BCUT2D eigenvalue weighted by Crippen LogP contribution is -2.29. The molecule has 0 heterocycles. The van der Waals surface area contributed by atoms with Crippen molar-refractivity contribution < 1.29 is 4.74 Å². The van der Waals surface area contributed by atoms with Crippen LogP contribution in [0.3, 0.4) is 0 Å². The zero-order chi connectivity index (χ0) is 13.5. The third-order valence-electron chi connectivity index (χ3n) is 3.26. The molecule has 0 amide bonds. The Balaban J connectivity index is 2.65. The minimum absolute atomic E-state index is 0.558. The molecule has 2 N–H and O–H groups in total. The third-order valence-corrected chi connectivity index (χ3v) is 3.91. The van der Waals surface area contributed by atoms with E-state index in [-0.39, 0.29) is 0 Å². The second kappa shape index (κ2) is 7.54. The van der Waals surface area contributed by atoms with Gasteiger partial charge in [-0.2, -0.15) is 11.8 Å². The van der Waals surface area contributed by atoms with Gasteiger partial charge in [0.05, 0.1) is 7.11 Å². The van der Waals surface area contributed by atoms with Gasteiger partial charge in [0, 0.05) is 18.3 Å². The Morgan fingerprint density at radius 1 is 1.44 bits per heavy atom. The predicted octanol–water partition coefficient (Wildman–Crippen LogP) is 2.85. The van der Waals surface area contributed by atoms with Gasteiger partial charge in [-0.15, -0.1) is 0 Å². The van der Waals surface area contributed by atoms with Gasteiger partial charge in [0.2, 0.25) is 0 Å². The van der Waals surface area contributed by atoms with Crippen LogP contribution in [-0.4, -0.2) is 37.1 Å². The summed E-state index contributed by atoms with van der Waals surface area (Å²) >= 11 is 1.89. The Hall–Kier alpha value is -0.870. The summed E-state index contributed by atoms with van der Waals surface area (Å²) in [5.41, 5.74) is 7.97. The fourth-order valence-corrected chi connectivity index (χ4v) is 2.36. The highest BCUT2D eigenvalue weighted by molar-refractivity contribution is 7.98. The molecule has 18 heavy (non-hydrogen) atoms. The Bertz CT molecular complexity index is 371. The van der Waals surface area contributed by atoms with Crippen LogP contribution in [0, 0.1) is 0 Å². The molecule has 0 fully saturated rings. The van der Waals surface area contributed by atoms with Crippen molar-refractivity contribution in [3.63, 3.8) is 0 Å². The number of hydrogen-bond acceptors (Lipinski definition) is 4. The first-order chi connectivity index (χ1) is 8.58. The van der Waals surface area contributed by atoms with Gasteiger partial charge in [0.15, 0.2) is 0 Å². The topological polar surface area (TPSA) is 38.5 Å². The van der Waals surface area contributed by atoms with E-state index in [4.69, 9.17) is 10.5 Å². The lowest BCUT2D eigenvalue weighted by atomic mass is 10.1. The summed E-state index contributed by atoms with van der Waals surface area (Å²) in [5.74, 6) is 2.06. The number of rotatable bonds is 7. The molecule has 0 radical (unpaired) electrons. The van der Waals surface area contributed by atoms with E-state index < -0.39 is 0 Å². The van der Waals surface area contributed by atoms with Gasteiger partial charge >= 0.3 is 0 Å². The molecule has 102 valence electrons. The number of nitrogen functional groups attached to an aromatic ring is 1. The van der Waals surface area contributed by atoms with Crippen LogP contribution in [0.25, 0.3) is 0 Å². The van der Waals surface area contributed by atoms with Crippen LogP contribution >= 0.6 is 11.8 Å². The van der Waals surface area contributed by atoms with Gasteiger partial charge in [-0.1, -0.05) is 0 Å². The summed E-state index contributed by atoms with van der Waals surface area (Å²) < 4.78 is 5.24. The maximum absolute atomic E-state index is 6.01. The SMILES string of the molecule is COc1ccc(N)c(CN(C)C(C)CCSC)c1. The maximum Gasteiger partial charge on any atom is 0.119 e. The van der Waals surface area contributed by atoms with E-state index in [1.54, 1.807) is 7.11 Å². The minimum atomic E-state index is 0.558. The van der Waals surface area contributed by atoms with E-state index in [0.717, 1.165) is 23.5 Å².